The Kier molecular flexibility index (Phi) is 8.07. The van der Waals surface area contributed by atoms with Crippen molar-refractivity contribution >= 4 is 22.1 Å². The van der Waals surface area contributed by atoms with Crippen LogP contribution in [0.1, 0.15) is 115 Å². The first kappa shape index (κ1) is 33.9. The molecule has 47 heavy (non-hydrogen) atoms. The first-order valence-electron chi connectivity index (χ1n) is 18.6. The molecular formula is C41H61NO4S. The zero-order valence-electron chi connectivity index (χ0n) is 30.0. The molecule has 260 valence electrons. The Morgan fingerprint density at radius 3 is 2.21 bits per heavy atom. The molecule has 7 rings (SSSR count). The van der Waals surface area contributed by atoms with Crippen molar-refractivity contribution in [1.29, 1.82) is 0 Å². The number of benzene rings is 1. The van der Waals surface area contributed by atoms with Crippen LogP contribution in [-0.4, -0.2) is 56.2 Å². The zero-order valence-corrected chi connectivity index (χ0v) is 30.8. The van der Waals surface area contributed by atoms with Crippen LogP contribution in [0.5, 0.6) is 0 Å². The summed E-state index contributed by atoms with van der Waals surface area (Å²) in [6.45, 7) is 22.7. The molecule has 0 radical (unpaired) electrons. The first-order chi connectivity index (χ1) is 22.0. The van der Waals surface area contributed by atoms with E-state index in [1.165, 1.54) is 68.1 Å². The van der Waals surface area contributed by atoms with E-state index in [0.29, 0.717) is 62.9 Å². The molecule has 1 aliphatic heterocycles. The molecule has 3 N–H and O–H groups in total. The Morgan fingerprint density at radius 1 is 0.894 bits per heavy atom. The van der Waals surface area contributed by atoms with Crippen LogP contribution in [0.2, 0.25) is 0 Å². The van der Waals surface area contributed by atoms with E-state index in [1.807, 2.05) is 12.1 Å². The molecular weight excluding hydrogens is 603 g/mol. The van der Waals surface area contributed by atoms with Crippen LogP contribution in [0.4, 0.5) is 0 Å². The molecule has 1 aromatic rings. The third kappa shape index (κ3) is 5.00. The second-order valence-electron chi connectivity index (χ2n) is 18.5. The fourth-order valence-electron chi connectivity index (χ4n) is 13.8. The highest BCUT2D eigenvalue weighted by Gasteiger charge is 2.70. The summed E-state index contributed by atoms with van der Waals surface area (Å²) in [5.41, 5.74) is 5.50. The summed E-state index contributed by atoms with van der Waals surface area (Å²) >= 11 is 0. The number of carboxylic acids is 1. The minimum atomic E-state index is -2.38. The van der Waals surface area contributed by atoms with Gasteiger partial charge in [-0.05, 0) is 145 Å². The molecule has 4 saturated carbocycles. The molecule has 0 amide bonds. The minimum absolute atomic E-state index is 0.0198. The number of hydrogen-bond acceptors (Lipinski definition) is 4. The van der Waals surface area contributed by atoms with Crippen LogP contribution in [0.25, 0.3) is 5.57 Å². The predicted octanol–water partition coefficient (Wildman–Crippen LogP) is 10.1. The lowest BCUT2D eigenvalue weighted by Gasteiger charge is -2.72. The van der Waals surface area contributed by atoms with E-state index in [2.05, 4.69) is 59.1 Å². The topological polar surface area (TPSA) is 81.0 Å². The summed E-state index contributed by atoms with van der Waals surface area (Å²) in [6, 6.07) is 7.60. The minimum Gasteiger partial charge on any atom is -0.478 e. The molecule has 0 spiro atoms. The fourth-order valence-corrected chi connectivity index (χ4v) is 15.1. The summed E-state index contributed by atoms with van der Waals surface area (Å²) in [5.74, 6) is 3.48. The summed E-state index contributed by atoms with van der Waals surface area (Å²) in [7, 11) is -2.38. The lowest BCUT2D eigenvalue weighted by Crippen LogP contribution is -2.66. The SMILES string of the molecule is C=C(C)[C@@H]1CC[C@]2(CN3CCS(O)(O)CC3)CC[C@]3(C)[C@H](CC[C@@H]4[C@@]5(C)CC=C(c6ccc(C(=O)O)cc6)C(C)(C)[C@@H]5CC[C@]43C)[C@@H]12. The summed E-state index contributed by atoms with van der Waals surface area (Å²) in [6.07, 6.45) is 14.0. The van der Waals surface area contributed by atoms with Gasteiger partial charge in [0.2, 0.25) is 0 Å². The lowest BCUT2D eigenvalue weighted by molar-refractivity contribution is -0.226. The van der Waals surface area contributed by atoms with Crippen molar-refractivity contribution in [3.63, 3.8) is 0 Å². The molecule has 0 bridgehead atoms. The quantitative estimate of drug-likeness (QED) is 0.273. The molecule has 6 heteroatoms. The van der Waals surface area contributed by atoms with Crippen LogP contribution in [-0.2, 0) is 0 Å². The van der Waals surface area contributed by atoms with E-state index in [0.717, 1.165) is 26.1 Å². The van der Waals surface area contributed by atoms with Gasteiger partial charge in [0, 0.05) is 19.6 Å². The van der Waals surface area contributed by atoms with E-state index in [1.54, 1.807) is 12.1 Å². The molecule has 6 aliphatic rings. The number of rotatable bonds is 5. The van der Waals surface area contributed by atoms with E-state index in [-0.39, 0.29) is 10.8 Å². The molecule has 1 saturated heterocycles. The third-order valence-electron chi connectivity index (χ3n) is 16.3. The van der Waals surface area contributed by atoms with Gasteiger partial charge in [0.1, 0.15) is 0 Å². The highest BCUT2D eigenvalue weighted by molar-refractivity contribution is 8.24. The normalized spacial score (nSPS) is 44.6. The van der Waals surface area contributed by atoms with Gasteiger partial charge in [-0.15, -0.1) is 0 Å². The maximum absolute atomic E-state index is 11.5. The molecule has 1 heterocycles. The van der Waals surface area contributed by atoms with Crippen LogP contribution in [0.3, 0.4) is 0 Å². The van der Waals surface area contributed by atoms with Crippen molar-refractivity contribution in [2.24, 2.45) is 56.7 Å². The van der Waals surface area contributed by atoms with Gasteiger partial charge in [-0.2, -0.15) is 10.6 Å². The van der Waals surface area contributed by atoms with E-state index < -0.39 is 16.6 Å². The fraction of sp³-hybridized carbons (Fsp3) is 0.732. The van der Waals surface area contributed by atoms with Gasteiger partial charge >= 0.3 is 5.97 Å². The monoisotopic (exact) mass is 663 g/mol. The molecule has 0 unspecified atom stereocenters. The maximum Gasteiger partial charge on any atom is 0.335 e. The first-order valence-corrected chi connectivity index (χ1v) is 20.5. The standard InChI is InChI=1S/C41H61NO4S/c1-27(2)30-14-19-41(26-42-22-24-47(45,46)25-23-42)21-20-39(6)32(35(30)41)12-13-34-38(5)17-15-31(28-8-10-29(11-9-28)36(43)44)37(3,4)33(38)16-18-40(34,39)7/h8-11,15,30,32-35,45-46H,1,12-14,16-26H2,2-7H3,(H,43,44)/t30-,32+,33-,34+,35+,38-,39+,40+,41+/m0/s1. The Labute approximate surface area is 286 Å². The predicted molar refractivity (Wildman–Crippen MR) is 195 cm³/mol. The van der Waals surface area contributed by atoms with Crippen molar-refractivity contribution in [3.8, 4) is 0 Å². The molecule has 5 nitrogen and oxygen atoms in total. The van der Waals surface area contributed by atoms with Crippen LogP contribution in [0, 0.1) is 56.7 Å². The molecule has 1 aromatic carbocycles. The number of hydrogen-bond donors (Lipinski definition) is 3. The summed E-state index contributed by atoms with van der Waals surface area (Å²) in [4.78, 5) is 14.1. The molecule has 0 aromatic heterocycles. The number of carbonyl (C=O) groups is 1. The summed E-state index contributed by atoms with van der Waals surface area (Å²) in [5, 5.41) is 9.47. The van der Waals surface area contributed by atoms with E-state index in [9.17, 15) is 19.0 Å². The van der Waals surface area contributed by atoms with Crippen LogP contribution in [0.15, 0.2) is 42.5 Å². The Balaban J connectivity index is 1.20. The van der Waals surface area contributed by atoms with Crippen molar-refractivity contribution in [2.45, 2.75) is 99.3 Å². The number of allylic oxidation sites excluding steroid dienone is 3. The van der Waals surface area contributed by atoms with Crippen LogP contribution >= 0.6 is 10.6 Å². The van der Waals surface area contributed by atoms with Crippen molar-refractivity contribution in [3.05, 3.63) is 53.6 Å². The zero-order chi connectivity index (χ0) is 33.8. The number of aromatic carboxylic acids is 1. The lowest BCUT2D eigenvalue weighted by atomic mass is 9.32. The molecule has 5 aliphatic carbocycles. The molecule has 9 atom stereocenters. The number of nitrogens with zero attached hydrogens (tertiary/aromatic N) is 1. The number of carboxylic acid groups (broad SMARTS) is 1. The smallest absolute Gasteiger partial charge is 0.335 e. The average molecular weight is 664 g/mol. The highest BCUT2D eigenvalue weighted by Crippen LogP contribution is 2.77. The van der Waals surface area contributed by atoms with Crippen LogP contribution < -0.4 is 0 Å². The largest absolute Gasteiger partial charge is 0.478 e. The Morgan fingerprint density at radius 2 is 1.57 bits per heavy atom. The van der Waals surface area contributed by atoms with Crippen molar-refractivity contribution < 1.29 is 19.0 Å². The van der Waals surface area contributed by atoms with E-state index in [4.69, 9.17) is 0 Å². The molecule has 5 fully saturated rings. The van der Waals surface area contributed by atoms with Gasteiger partial charge in [0.25, 0.3) is 0 Å². The van der Waals surface area contributed by atoms with Gasteiger partial charge in [0.05, 0.1) is 17.1 Å². The van der Waals surface area contributed by atoms with Gasteiger partial charge in [0.15, 0.2) is 0 Å². The van der Waals surface area contributed by atoms with E-state index >= 15 is 0 Å². The van der Waals surface area contributed by atoms with Gasteiger partial charge in [-0.25, -0.2) is 4.79 Å². The Bertz CT molecular complexity index is 1460. The van der Waals surface area contributed by atoms with Gasteiger partial charge < -0.3 is 5.11 Å². The second-order valence-corrected chi connectivity index (χ2v) is 20.9. The van der Waals surface area contributed by atoms with Crippen molar-refractivity contribution in [2.75, 3.05) is 31.1 Å². The average Bonchev–Trinajstić information content (AvgIpc) is 3.38. The maximum atomic E-state index is 11.5. The summed E-state index contributed by atoms with van der Waals surface area (Å²) < 4.78 is 20.7. The van der Waals surface area contributed by atoms with Gasteiger partial charge in [-0.3, -0.25) is 14.0 Å². The third-order valence-corrected chi connectivity index (χ3v) is 17.9. The van der Waals surface area contributed by atoms with Crippen molar-refractivity contribution in [1.82, 2.24) is 4.90 Å². The van der Waals surface area contributed by atoms with Gasteiger partial charge in [-0.1, -0.05) is 65.0 Å². The Hall–Kier alpha value is -1.60. The number of fused-ring (bicyclic) bond motifs is 7. The second kappa shape index (κ2) is 11.2. The highest BCUT2D eigenvalue weighted by atomic mass is 32.3.